The van der Waals surface area contributed by atoms with Crippen LogP contribution < -0.4 is 11.1 Å². The normalized spacial score (nSPS) is 11.6. The van der Waals surface area contributed by atoms with Crippen molar-refractivity contribution in [3.05, 3.63) is 11.8 Å². The van der Waals surface area contributed by atoms with Gasteiger partial charge >= 0.3 is 0 Å². The lowest BCUT2D eigenvalue weighted by molar-refractivity contribution is 0.909. The van der Waals surface area contributed by atoms with Crippen LogP contribution in [0.25, 0.3) is 0 Å². The molecule has 0 aromatic rings. The molecule has 0 aliphatic heterocycles. The second-order valence-corrected chi connectivity index (χ2v) is 1.59. The Morgan fingerprint density at radius 2 is 2.38 bits per heavy atom. The van der Waals surface area contributed by atoms with E-state index in [4.69, 9.17) is 5.73 Å². The van der Waals surface area contributed by atoms with Crippen LogP contribution in [0.15, 0.2) is 11.8 Å². The van der Waals surface area contributed by atoms with Crippen molar-refractivity contribution in [3.8, 4) is 0 Å². The fourth-order valence-electron chi connectivity index (χ4n) is 0.534. The zero-order valence-electron chi connectivity index (χ0n) is 5.57. The van der Waals surface area contributed by atoms with Gasteiger partial charge in [0.25, 0.3) is 0 Å². The minimum Gasteiger partial charge on any atom is -0.391 e. The van der Waals surface area contributed by atoms with Crippen molar-refractivity contribution < 1.29 is 0 Å². The molecule has 0 radical (unpaired) electrons. The van der Waals surface area contributed by atoms with E-state index in [0.29, 0.717) is 6.54 Å². The number of nitrogens with two attached hydrogens (primary N) is 1. The molecule has 0 bridgehead atoms. The summed E-state index contributed by atoms with van der Waals surface area (Å²) in [6, 6.07) is 0. The first kappa shape index (κ1) is 7.50. The maximum atomic E-state index is 5.34. The minimum atomic E-state index is 0.615. The second-order valence-electron chi connectivity index (χ2n) is 1.59. The fourth-order valence-corrected chi connectivity index (χ4v) is 0.534. The Labute approximate surface area is 50.8 Å². The molecule has 0 atom stereocenters. The molecule has 3 N–H and O–H groups in total. The van der Waals surface area contributed by atoms with E-state index < -0.39 is 0 Å². The Kier molecular flexibility index (Phi) is 4.36. The first-order valence-electron chi connectivity index (χ1n) is 2.92. The van der Waals surface area contributed by atoms with E-state index >= 15 is 0 Å². The van der Waals surface area contributed by atoms with Crippen LogP contribution in [0.2, 0.25) is 0 Å². The summed E-state index contributed by atoms with van der Waals surface area (Å²) in [5, 5.41) is 2.99. The van der Waals surface area contributed by atoms with Gasteiger partial charge in [0.1, 0.15) is 0 Å². The molecule has 48 valence electrons. The predicted octanol–water partition coefficient (Wildman–Crippen LogP) is 0.458. The molecular weight excluding hydrogens is 100 g/mol. The molecule has 0 saturated heterocycles. The number of allylic oxidation sites excluding steroid dienone is 1. The average molecular weight is 114 g/mol. The fraction of sp³-hybridized carbons (Fsp3) is 0.667. The Hall–Kier alpha value is -0.500. The van der Waals surface area contributed by atoms with Crippen LogP contribution in [0.5, 0.6) is 0 Å². The second kappa shape index (κ2) is 4.65. The maximum absolute atomic E-state index is 5.34. The summed E-state index contributed by atoms with van der Waals surface area (Å²) in [5.74, 6) is 0. The van der Waals surface area contributed by atoms with Crippen molar-refractivity contribution in [2.24, 2.45) is 5.73 Å². The molecule has 0 saturated carbocycles. The number of likely N-dealkylation sites (N-methyl/N-ethyl adjacent to an activating group) is 1. The predicted molar refractivity (Wildman–Crippen MR) is 36.5 cm³/mol. The highest BCUT2D eigenvalue weighted by molar-refractivity contribution is 4.98. The molecule has 0 amide bonds. The topological polar surface area (TPSA) is 38.0 Å². The summed E-state index contributed by atoms with van der Waals surface area (Å²) < 4.78 is 0. The Morgan fingerprint density at radius 1 is 1.75 bits per heavy atom. The number of nitrogens with one attached hydrogen (secondary N) is 1. The van der Waals surface area contributed by atoms with Crippen molar-refractivity contribution in [2.45, 2.75) is 13.3 Å². The number of hydrogen-bond donors (Lipinski definition) is 2. The van der Waals surface area contributed by atoms with Gasteiger partial charge in [0, 0.05) is 19.3 Å². The zero-order valence-corrected chi connectivity index (χ0v) is 5.57. The van der Waals surface area contributed by atoms with E-state index in [2.05, 4.69) is 18.3 Å². The minimum absolute atomic E-state index is 0.615. The lowest BCUT2D eigenvalue weighted by Gasteiger charge is -1.99. The third-order valence-electron chi connectivity index (χ3n) is 0.992. The monoisotopic (exact) mass is 114 g/mol. The molecule has 0 aromatic carbocycles. The Morgan fingerprint density at radius 3 is 2.50 bits per heavy atom. The molecule has 8 heavy (non-hydrogen) atoms. The van der Waals surface area contributed by atoms with Gasteiger partial charge in [-0.3, -0.25) is 0 Å². The van der Waals surface area contributed by atoms with Crippen molar-refractivity contribution in [3.63, 3.8) is 0 Å². The third kappa shape index (κ3) is 2.64. The van der Waals surface area contributed by atoms with Gasteiger partial charge in [0.05, 0.1) is 0 Å². The van der Waals surface area contributed by atoms with Crippen LogP contribution >= 0.6 is 0 Å². The van der Waals surface area contributed by atoms with Gasteiger partial charge in [-0.15, -0.1) is 0 Å². The van der Waals surface area contributed by atoms with Crippen LogP contribution in [0.4, 0.5) is 0 Å². The van der Waals surface area contributed by atoms with Gasteiger partial charge in [0.2, 0.25) is 0 Å². The quantitative estimate of drug-likeness (QED) is 0.559. The van der Waals surface area contributed by atoms with Crippen LogP contribution in [-0.4, -0.2) is 13.6 Å². The lowest BCUT2D eigenvalue weighted by atomic mass is 10.3. The molecule has 0 aliphatic carbocycles. The van der Waals surface area contributed by atoms with Gasteiger partial charge in [-0.2, -0.15) is 0 Å². The Bertz CT molecular complexity index is 70.6. The molecule has 0 unspecified atom stereocenters. The van der Waals surface area contributed by atoms with E-state index in [1.807, 2.05) is 7.05 Å². The summed E-state index contributed by atoms with van der Waals surface area (Å²) in [6.45, 7) is 2.71. The summed E-state index contributed by atoms with van der Waals surface area (Å²) in [7, 11) is 1.88. The summed E-state index contributed by atoms with van der Waals surface area (Å²) in [6.07, 6.45) is 3.13. The molecule has 0 spiro atoms. The average Bonchev–Trinajstić information content (AvgIpc) is 1.83. The third-order valence-corrected chi connectivity index (χ3v) is 0.992. The van der Waals surface area contributed by atoms with E-state index in [1.165, 1.54) is 0 Å². The van der Waals surface area contributed by atoms with Gasteiger partial charge in [-0.05, 0) is 6.42 Å². The molecule has 0 rings (SSSR count). The summed E-state index contributed by atoms with van der Waals surface area (Å²) >= 11 is 0. The molecule has 0 aliphatic rings. The largest absolute Gasteiger partial charge is 0.391 e. The smallest absolute Gasteiger partial charge is 0.0325 e. The summed E-state index contributed by atoms with van der Waals surface area (Å²) in [4.78, 5) is 0. The first-order chi connectivity index (χ1) is 3.85. The summed E-state index contributed by atoms with van der Waals surface area (Å²) in [5.41, 5.74) is 6.46. The van der Waals surface area contributed by atoms with Crippen molar-refractivity contribution in [1.82, 2.24) is 5.32 Å². The molecule has 2 heteroatoms. The van der Waals surface area contributed by atoms with Gasteiger partial charge < -0.3 is 11.1 Å². The highest BCUT2D eigenvalue weighted by atomic mass is 14.9. The van der Waals surface area contributed by atoms with Crippen molar-refractivity contribution >= 4 is 0 Å². The van der Waals surface area contributed by atoms with Crippen LogP contribution in [-0.2, 0) is 0 Å². The van der Waals surface area contributed by atoms with Crippen molar-refractivity contribution in [1.29, 1.82) is 0 Å². The Balaban J connectivity index is 3.49. The first-order valence-corrected chi connectivity index (χ1v) is 2.92. The van der Waals surface area contributed by atoms with Crippen molar-refractivity contribution in [2.75, 3.05) is 13.6 Å². The van der Waals surface area contributed by atoms with E-state index in [1.54, 1.807) is 0 Å². The van der Waals surface area contributed by atoms with Gasteiger partial charge in [-0.1, -0.05) is 13.0 Å². The standard InChI is InChI=1S/C6H14N2/c1-3-4-6(5-7)8-2/h4,8H,3,5,7H2,1-2H3/b6-4-. The van der Waals surface area contributed by atoms with Crippen LogP contribution in [0, 0.1) is 0 Å². The maximum Gasteiger partial charge on any atom is 0.0325 e. The molecule has 2 nitrogen and oxygen atoms in total. The van der Waals surface area contributed by atoms with Gasteiger partial charge in [-0.25, -0.2) is 0 Å². The van der Waals surface area contributed by atoms with E-state index in [-0.39, 0.29) is 0 Å². The number of rotatable bonds is 3. The SMILES string of the molecule is CC/C=C(/CN)NC. The van der Waals surface area contributed by atoms with Gasteiger partial charge in [0.15, 0.2) is 0 Å². The molecule has 0 aromatic heterocycles. The van der Waals surface area contributed by atoms with Crippen LogP contribution in [0.1, 0.15) is 13.3 Å². The molecular formula is C6H14N2. The van der Waals surface area contributed by atoms with Crippen LogP contribution in [0.3, 0.4) is 0 Å². The molecule has 0 fully saturated rings. The van der Waals surface area contributed by atoms with E-state index in [0.717, 1.165) is 12.1 Å². The highest BCUT2D eigenvalue weighted by Crippen LogP contribution is 1.85. The molecule has 0 heterocycles. The zero-order chi connectivity index (χ0) is 6.41. The highest BCUT2D eigenvalue weighted by Gasteiger charge is 1.82. The number of hydrogen-bond acceptors (Lipinski definition) is 2. The van der Waals surface area contributed by atoms with E-state index in [9.17, 15) is 0 Å². The lowest BCUT2D eigenvalue weighted by Crippen LogP contribution is -2.15.